The number of rotatable bonds is 7. The zero-order chi connectivity index (χ0) is 26.7. The van der Waals surface area contributed by atoms with Gasteiger partial charge in [-0.25, -0.2) is 13.4 Å². The molecule has 0 spiro atoms. The maximum absolute atomic E-state index is 13.4. The number of hydrogen-bond acceptors (Lipinski definition) is 6. The van der Waals surface area contributed by atoms with Crippen molar-refractivity contribution < 1.29 is 13.5 Å². The Balaban J connectivity index is 1.59. The van der Waals surface area contributed by atoms with Gasteiger partial charge in [0.1, 0.15) is 24.7 Å². The number of phenols is 1. The summed E-state index contributed by atoms with van der Waals surface area (Å²) in [6.45, 7) is 6.59. The van der Waals surface area contributed by atoms with Gasteiger partial charge in [0.15, 0.2) is 0 Å². The molecule has 0 aromatic heterocycles. The van der Waals surface area contributed by atoms with Gasteiger partial charge < -0.3 is 14.9 Å². The fourth-order valence-electron chi connectivity index (χ4n) is 4.77. The lowest BCUT2D eigenvalue weighted by molar-refractivity contribution is 0.170. The molecule has 0 saturated carbocycles. The van der Waals surface area contributed by atoms with Crippen LogP contribution in [-0.4, -0.2) is 73.8 Å². The van der Waals surface area contributed by atoms with Crippen LogP contribution in [0.4, 0.5) is 0 Å². The molecule has 4 rings (SSSR count). The van der Waals surface area contributed by atoms with E-state index in [0.29, 0.717) is 47.9 Å². The van der Waals surface area contributed by atoms with Crippen molar-refractivity contribution in [3.63, 3.8) is 0 Å². The van der Waals surface area contributed by atoms with E-state index in [1.54, 1.807) is 34.6 Å². The molecule has 1 saturated heterocycles. The molecule has 2 aliphatic rings. The highest BCUT2D eigenvalue weighted by atomic mass is 79.9. The quantitative estimate of drug-likeness (QED) is 0.502. The SMILES string of the molecule is C=C/C(Br)=C1/N=C(c2ccccc2O)C=C(N(C)C2CCN(S(=O)(=O)c3ccccc3[B]C)CC2)N1C. The molecule has 2 aromatic rings. The Labute approximate surface area is 228 Å². The Kier molecular flexibility index (Phi) is 8.31. The zero-order valence-corrected chi connectivity index (χ0v) is 23.7. The van der Waals surface area contributed by atoms with Crippen LogP contribution in [0.5, 0.6) is 5.75 Å². The summed E-state index contributed by atoms with van der Waals surface area (Å²) in [5.41, 5.74) is 1.99. The number of aromatic hydroxyl groups is 1. The van der Waals surface area contributed by atoms with Crippen LogP contribution in [0.3, 0.4) is 0 Å². The van der Waals surface area contributed by atoms with Gasteiger partial charge in [-0.15, -0.1) is 0 Å². The molecule has 193 valence electrons. The highest BCUT2D eigenvalue weighted by molar-refractivity contribution is 9.11. The fraction of sp³-hybridized carbons (Fsp3) is 0.296. The molecular weight excluding hydrogens is 551 g/mol. The van der Waals surface area contributed by atoms with Gasteiger partial charge in [0.2, 0.25) is 10.0 Å². The monoisotopic (exact) mass is 581 g/mol. The van der Waals surface area contributed by atoms with Crippen LogP contribution in [0.15, 0.2) is 93.3 Å². The van der Waals surface area contributed by atoms with Crippen LogP contribution in [0.2, 0.25) is 6.82 Å². The third-order valence-corrected chi connectivity index (χ3v) is 9.56. The molecular formula is C27H31BBrN4O3S. The van der Waals surface area contributed by atoms with Crippen LogP contribution in [-0.2, 0) is 10.0 Å². The van der Waals surface area contributed by atoms with E-state index < -0.39 is 10.0 Å². The smallest absolute Gasteiger partial charge is 0.242 e. The topological polar surface area (TPSA) is 76.5 Å². The molecule has 10 heteroatoms. The number of aliphatic imine (C=N–C) groups is 1. The molecule has 0 amide bonds. The average Bonchev–Trinajstić information content (AvgIpc) is 2.92. The molecule has 2 aliphatic heterocycles. The minimum Gasteiger partial charge on any atom is -0.507 e. The van der Waals surface area contributed by atoms with Gasteiger partial charge in [0.25, 0.3) is 0 Å². The number of halogens is 1. The maximum Gasteiger partial charge on any atom is 0.242 e. The van der Waals surface area contributed by atoms with Crippen molar-refractivity contribution in [1.29, 1.82) is 0 Å². The van der Waals surface area contributed by atoms with Crippen molar-refractivity contribution in [2.24, 2.45) is 4.99 Å². The van der Waals surface area contributed by atoms with Gasteiger partial charge in [-0.2, -0.15) is 4.31 Å². The largest absolute Gasteiger partial charge is 0.507 e. The van der Waals surface area contributed by atoms with Gasteiger partial charge >= 0.3 is 0 Å². The number of piperidine rings is 1. The zero-order valence-electron chi connectivity index (χ0n) is 21.3. The highest BCUT2D eigenvalue weighted by Gasteiger charge is 2.34. The lowest BCUT2D eigenvalue weighted by Gasteiger charge is -2.42. The highest BCUT2D eigenvalue weighted by Crippen LogP contribution is 2.32. The molecule has 37 heavy (non-hydrogen) atoms. The number of phenolic OH excluding ortho intramolecular Hbond substituents is 1. The molecule has 0 atom stereocenters. The predicted octanol–water partition coefficient (Wildman–Crippen LogP) is 3.88. The lowest BCUT2D eigenvalue weighted by Crippen LogP contribution is -2.48. The first-order chi connectivity index (χ1) is 17.7. The second-order valence-corrected chi connectivity index (χ2v) is 11.8. The van der Waals surface area contributed by atoms with Crippen molar-refractivity contribution in [2.45, 2.75) is 30.6 Å². The Morgan fingerprint density at radius 2 is 1.84 bits per heavy atom. The first-order valence-corrected chi connectivity index (χ1v) is 14.4. The van der Waals surface area contributed by atoms with E-state index in [1.165, 1.54) is 0 Å². The number of hydrogen-bond donors (Lipinski definition) is 1. The Bertz CT molecular complexity index is 1380. The molecule has 0 bridgehead atoms. The second-order valence-electron chi connectivity index (χ2n) is 9.02. The van der Waals surface area contributed by atoms with Crippen molar-refractivity contribution >= 4 is 44.4 Å². The number of nitrogens with zero attached hydrogens (tertiary/aromatic N) is 4. The summed E-state index contributed by atoms with van der Waals surface area (Å²) in [4.78, 5) is 9.29. The van der Waals surface area contributed by atoms with E-state index in [9.17, 15) is 13.5 Å². The summed E-state index contributed by atoms with van der Waals surface area (Å²) in [6, 6.07) is 14.4. The molecule has 1 radical (unpaired) electrons. The standard InChI is InChI=1S/C27H31BBrN4O3S/c1-5-22(29)27-30-23(20-10-6-8-12-24(20)34)18-26(32(27)4)31(3)19-14-16-33(17-15-19)37(35,36)25-13-9-7-11-21(25)28-2/h5-13,18-19,34H,1,14-17H2,2-4H3/b27-22+. The number of allylic oxidation sites excluding steroid dienone is 3. The molecule has 2 aromatic carbocycles. The van der Waals surface area contributed by atoms with E-state index in [2.05, 4.69) is 27.4 Å². The normalized spacial score (nSPS) is 18.6. The number of para-hydroxylation sites is 1. The van der Waals surface area contributed by atoms with Crippen LogP contribution in [0.25, 0.3) is 0 Å². The van der Waals surface area contributed by atoms with Gasteiger partial charge in [-0.1, -0.05) is 55.3 Å². The van der Waals surface area contributed by atoms with Crippen LogP contribution >= 0.6 is 15.9 Å². The van der Waals surface area contributed by atoms with Crippen LogP contribution in [0, 0.1) is 0 Å². The second kappa shape index (κ2) is 11.3. The summed E-state index contributed by atoms with van der Waals surface area (Å²) in [7, 11) is 2.21. The summed E-state index contributed by atoms with van der Waals surface area (Å²) in [5.74, 6) is 1.72. The summed E-state index contributed by atoms with van der Waals surface area (Å²) >= 11 is 3.56. The fourth-order valence-corrected chi connectivity index (χ4v) is 6.83. The third-order valence-electron chi connectivity index (χ3n) is 6.91. The molecule has 1 fully saturated rings. The van der Waals surface area contributed by atoms with E-state index in [4.69, 9.17) is 4.99 Å². The Morgan fingerprint density at radius 1 is 1.19 bits per heavy atom. The minimum atomic E-state index is -3.58. The Hall–Kier alpha value is -2.82. The summed E-state index contributed by atoms with van der Waals surface area (Å²) < 4.78 is 29.1. The molecule has 7 nitrogen and oxygen atoms in total. The molecule has 0 aliphatic carbocycles. The van der Waals surface area contributed by atoms with Crippen molar-refractivity contribution in [1.82, 2.24) is 14.1 Å². The predicted molar refractivity (Wildman–Crippen MR) is 154 cm³/mol. The van der Waals surface area contributed by atoms with E-state index in [-0.39, 0.29) is 11.8 Å². The van der Waals surface area contributed by atoms with Gasteiger partial charge in [-0.05, 0) is 47.0 Å². The maximum atomic E-state index is 13.4. The lowest BCUT2D eigenvalue weighted by atomic mass is 9.73. The van der Waals surface area contributed by atoms with E-state index in [0.717, 1.165) is 15.8 Å². The van der Waals surface area contributed by atoms with E-state index in [1.807, 2.05) is 63.4 Å². The minimum absolute atomic E-state index is 0.126. The summed E-state index contributed by atoms with van der Waals surface area (Å²) in [5, 5.41) is 10.5. The van der Waals surface area contributed by atoms with Crippen LogP contribution < -0.4 is 5.46 Å². The van der Waals surface area contributed by atoms with Gasteiger partial charge in [0, 0.05) is 44.9 Å². The number of sulfonamides is 1. The summed E-state index contributed by atoms with van der Waals surface area (Å²) in [6.07, 6.45) is 5.02. The van der Waals surface area contributed by atoms with E-state index >= 15 is 0 Å². The number of benzene rings is 2. The third kappa shape index (κ3) is 5.42. The van der Waals surface area contributed by atoms with Crippen LogP contribution in [0.1, 0.15) is 18.4 Å². The molecule has 0 unspecified atom stereocenters. The van der Waals surface area contributed by atoms with Crippen molar-refractivity contribution in [2.75, 3.05) is 27.2 Å². The molecule has 2 heterocycles. The average molecular weight is 582 g/mol. The molecule has 1 N–H and O–H groups in total. The van der Waals surface area contributed by atoms with Crippen molar-refractivity contribution in [3.8, 4) is 5.75 Å². The first-order valence-electron chi connectivity index (χ1n) is 12.1. The van der Waals surface area contributed by atoms with Crippen molar-refractivity contribution in [3.05, 3.63) is 88.9 Å². The van der Waals surface area contributed by atoms with Gasteiger partial charge in [-0.3, -0.25) is 0 Å². The van der Waals surface area contributed by atoms with Gasteiger partial charge in [0.05, 0.1) is 15.1 Å². The Morgan fingerprint density at radius 3 is 2.49 bits per heavy atom. The first kappa shape index (κ1) is 27.2.